The molecule has 1 aromatic carbocycles. The lowest BCUT2D eigenvalue weighted by molar-refractivity contribution is -0.131. The maximum absolute atomic E-state index is 11.3. The summed E-state index contributed by atoms with van der Waals surface area (Å²) in [5.41, 5.74) is 0.734. The molecule has 80 valence electrons. The minimum atomic E-state index is -1.46. The van der Waals surface area contributed by atoms with Crippen molar-refractivity contribution in [1.29, 1.82) is 0 Å². The van der Waals surface area contributed by atoms with E-state index in [9.17, 15) is 9.59 Å². The Hall–Kier alpha value is -1.36. The molecule has 4 nitrogen and oxygen atoms in total. The van der Waals surface area contributed by atoms with Gasteiger partial charge in [-0.2, -0.15) is 0 Å². The second kappa shape index (κ2) is 4.44. The Bertz CT molecular complexity index is 426. The maximum atomic E-state index is 11.3. The van der Waals surface area contributed by atoms with Crippen LogP contribution in [-0.2, 0) is 4.79 Å². The third-order valence-electron chi connectivity index (χ3n) is 1.94. The van der Waals surface area contributed by atoms with Crippen LogP contribution in [0, 0.1) is 6.92 Å². The van der Waals surface area contributed by atoms with Crippen LogP contribution in [0.15, 0.2) is 16.6 Å². The zero-order valence-electron chi connectivity index (χ0n) is 8.20. The number of halogens is 1. The van der Waals surface area contributed by atoms with Crippen LogP contribution in [0.1, 0.15) is 15.9 Å². The molecule has 0 saturated carbocycles. The molecule has 0 aliphatic rings. The summed E-state index contributed by atoms with van der Waals surface area (Å²) < 4.78 is 5.57. The van der Waals surface area contributed by atoms with Gasteiger partial charge in [0.15, 0.2) is 0 Å². The molecule has 0 fully saturated rings. The van der Waals surface area contributed by atoms with Gasteiger partial charge in [-0.3, -0.25) is 4.79 Å². The van der Waals surface area contributed by atoms with E-state index in [1.807, 2.05) is 0 Å². The molecular formula is C10H9BrO4. The predicted molar refractivity (Wildman–Crippen MR) is 57.4 cm³/mol. The Labute approximate surface area is 95.0 Å². The fraction of sp³-hybridized carbons (Fsp3) is 0.200. The molecular weight excluding hydrogens is 264 g/mol. The Kier molecular flexibility index (Phi) is 3.47. The number of carbonyl (C=O) groups excluding carboxylic acids is 1. The van der Waals surface area contributed by atoms with Crippen molar-refractivity contribution in [3.05, 3.63) is 27.7 Å². The molecule has 0 radical (unpaired) electrons. The Morgan fingerprint density at radius 2 is 2.00 bits per heavy atom. The van der Waals surface area contributed by atoms with Gasteiger partial charge in [-0.25, -0.2) is 4.79 Å². The summed E-state index contributed by atoms with van der Waals surface area (Å²) in [5, 5.41) is 8.58. The Balaban J connectivity index is 3.28. The Morgan fingerprint density at radius 3 is 2.47 bits per heavy atom. The minimum absolute atomic E-state index is 0.162. The molecule has 0 aliphatic carbocycles. The van der Waals surface area contributed by atoms with Crippen LogP contribution in [-0.4, -0.2) is 24.0 Å². The van der Waals surface area contributed by atoms with Crippen molar-refractivity contribution in [2.45, 2.75) is 6.92 Å². The zero-order chi connectivity index (χ0) is 11.6. The van der Waals surface area contributed by atoms with E-state index in [4.69, 9.17) is 9.84 Å². The van der Waals surface area contributed by atoms with Gasteiger partial charge < -0.3 is 9.84 Å². The number of hydrogen-bond donors (Lipinski definition) is 1. The SMILES string of the molecule is COc1cc(C)c(C(=O)C(=O)O)cc1Br. The van der Waals surface area contributed by atoms with Gasteiger partial charge in [-0.05, 0) is 40.5 Å². The van der Waals surface area contributed by atoms with Crippen LogP contribution >= 0.6 is 15.9 Å². The van der Waals surface area contributed by atoms with Crippen molar-refractivity contribution in [3.8, 4) is 5.75 Å². The molecule has 1 aromatic rings. The lowest BCUT2D eigenvalue weighted by Gasteiger charge is -2.07. The average Bonchev–Trinajstić information content (AvgIpc) is 2.19. The molecule has 0 aromatic heterocycles. The van der Waals surface area contributed by atoms with Crippen molar-refractivity contribution in [1.82, 2.24) is 0 Å². The first kappa shape index (κ1) is 11.7. The fourth-order valence-corrected chi connectivity index (χ4v) is 1.68. The van der Waals surface area contributed by atoms with E-state index in [0.717, 1.165) is 0 Å². The van der Waals surface area contributed by atoms with E-state index in [2.05, 4.69) is 15.9 Å². The normalized spacial score (nSPS) is 9.80. The number of aliphatic carboxylic acids is 1. The van der Waals surface area contributed by atoms with E-state index < -0.39 is 11.8 Å². The van der Waals surface area contributed by atoms with Crippen LogP contribution in [0.3, 0.4) is 0 Å². The van der Waals surface area contributed by atoms with Crippen molar-refractivity contribution in [2.75, 3.05) is 7.11 Å². The second-order valence-corrected chi connectivity index (χ2v) is 3.79. The first-order valence-electron chi connectivity index (χ1n) is 4.09. The number of carboxylic acids is 1. The summed E-state index contributed by atoms with van der Waals surface area (Å²) >= 11 is 3.19. The highest BCUT2D eigenvalue weighted by atomic mass is 79.9. The van der Waals surface area contributed by atoms with E-state index in [0.29, 0.717) is 15.8 Å². The van der Waals surface area contributed by atoms with E-state index in [1.165, 1.54) is 13.2 Å². The summed E-state index contributed by atoms with van der Waals surface area (Å²) in [5.74, 6) is -1.82. The highest BCUT2D eigenvalue weighted by molar-refractivity contribution is 9.10. The predicted octanol–water partition coefficient (Wildman–Crippen LogP) is 2.03. The largest absolute Gasteiger partial charge is 0.496 e. The molecule has 0 amide bonds. The Morgan fingerprint density at radius 1 is 1.40 bits per heavy atom. The number of ketones is 1. The fourth-order valence-electron chi connectivity index (χ4n) is 1.17. The number of methoxy groups -OCH3 is 1. The van der Waals surface area contributed by atoms with Gasteiger partial charge in [-0.1, -0.05) is 0 Å². The smallest absolute Gasteiger partial charge is 0.377 e. The standard InChI is InChI=1S/C10H9BrO4/c1-5-3-8(15-2)7(11)4-6(5)9(12)10(13)14/h3-4H,1-2H3,(H,13,14). The highest BCUT2D eigenvalue weighted by Gasteiger charge is 2.18. The van der Waals surface area contributed by atoms with Crippen molar-refractivity contribution in [3.63, 3.8) is 0 Å². The summed E-state index contributed by atoms with van der Waals surface area (Å²) in [6, 6.07) is 3.06. The maximum Gasteiger partial charge on any atom is 0.377 e. The number of aryl methyl sites for hydroxylation is 1. The number of Topliss-reactive ketones (excluding diaryl/α,β-unsaturated/α-hetero) is 1. The molecule has 0 aliphatic heterocycles. The van der Waals surface area contributed by atoms with Gasteiger partial charge in [0.1, 0.15) is 5.75 Å². The highest BCUT2D eigenvalue weighted by Crippen LogP contribution is 2.28. The number of carboxylic acid groups (broad SMARTS) is 1. The second-order valence-electron chi connectivity index (χ2n) is 2.94. The van der Waals surface area contributed by atoms with Crippen molar-refractivity contribution in [2.24, 2.45) is 0 Å². The number of hydrogen-bond acceptors (Lipinski definition) is 3. The van der Waals surface area contributed by atoms with Crippen LogP contribution in [0.5, 0.6) is 5.75 Å². The zero-order valence-corrected chi connectivity index (χ0v) is 9.79. The van der Waals surface area contributed by atoms with Gasteiger partial charge in [0, 0.05) is 5.56 Å². The topological polar surface area (TPSA) is 63.6 Å². The van der Waals surface area contributed by atoms with Gasteiger partial charge in [0.25, 0.3) is 5.78 Å². The van der Waals surface area contributed by atoms with Gasteiger partial charge in [0.2, 0.25) is 0 Å². The molecule has 5 heteroatoms. The van der Waals surface area contributed by atoms with E-state index >= 15 is 0 Å². The van der Waals surface area contributed by atoms with Crippen LogP contribution in [0.25, 0.3) is 0 Å². The molecule has 0 saturated heterocycles. The monoisotopic (exact) mass is 272 g/mol. The van der Waals surface area contributed by atoms with Gasteiger partial charge in [-0.15, -0.1) is 0 Å². The molecule has 15 heavy (non-hydrogen) atoms. The lowest BCUT2D eigenvalue weighted by atomic mass is 10.0. The average molecular weight is 273 g/mol. The molecule has 0 atom stereocenters. The van der Waals surface area contributed by atoms with E-state index in [1.54, 1.807) is 13.0 Å². The molecule has 0 unspecified atom stereocenters. The summed E-state index contributed by atoms with van der Waals surface area (Å²) in [4.78, 5) is 21.8. The summed E-state index contributed by atoms with van der Waals surface area (Å²) in [6.07, 6.45) is 0. The van der Waals surface area contributed by atoms with Gasteiger partial charge in [0.05, 0.1) is 11.6 Å². The van der Waals surface area contributed by atoms with Crippen molar-refractivity contribution < 1.29 is 19.4 Å². The molecule has 0 spiro atoms. The lowest BCUT2D eigenvalue weighted by Crippen LogP contribution is -2.14. The quantitative estimate of drug-likeness (QED) is 0.676. The van der Waals surface area contributed by atoms with Crippen LogP contribution < -0.4 is 4.74 Å². The number of rotatable bonds is 3. The first-order chi connectivity index (χ1) is 6.97. The molecule has 1 rings (SSSR count). The molecule has 0 bridgehead atoms. The van der Waals surface area contributed by atoms with Crippen LogP contribution in [0.4, 0.5) is 0 Å². The third kappa shape index (κ3) is 2.36. The van der Waals surface area contributed by atoms with E-state index in [-0.39, 0.29) is 5.56 Å². The number of carbonyl (C=O) groups is 2. The summed E-state index contributed by atoms with van der Waals surface area (Å²) in [6.45, 7) is 1.66. The number of benzene rings is 1. The number of ether oxygens (including phenoxy) is 1. The third-order valence-corrected chi connectivity index (χ3v) is 2.56. The van der Waals surface area contributed by atoms with Crippen molar-refractivity contribution >= 4 is 27.7 Å². The van der Waals surface area contributed by atoms with Crippen LogP contribution in [0.2, 0.25) is 0 Å². The first-order valence-corrected chi connectivity index (χ1v) is 4.88. The minimum Gasteiger partial charge on any atom is -0.496 e. The van der Waals surface area contributed by atoms with Gasteiger partial charge >= 0.3 is 5.97 Å². The summed E-state index contributed by atoms with van der Waals surface area (Å²) in [7, 11) is 1.50. The molecule has 0 heterocycles. The molecule has 1 N–H and O–H groups in total.